The molecule has 0 aliphatic carbocycles. The normalized spacial score (nSPS) is 21.0. The second-order valence-corrected chi connectivity index (χ2v) is 7.16. The molecule has 1 unspecified atom stereocenters. The quantitative estimate of drug-likeness (QED) is 0.898. The molecule has 2 rings (SSSR count). The zero-order valence-corrected chi connectivity index (χ0v) is 14.7. The van der Waals surface area contributed by atoms with Crippen molar-refractivity contribution in [2.75, 3.05) is 33.8 Å². The van der Waals surface area contributed by atoms with Crippen LogP contribution in [0.25, 0.3) is 0 Å². The molecule has 1 heterocycles. The van der Waals surface area contributed by atoms with Gasteiger partial charge in [-0.25, -0.2) is 0 Å². The number of carbonyl (C=O) groups excluding carboxylic acids is 1. The number of hydrogen-bond donors (Lipinski definition) is 1. The van der Waals surface area contributed by atoms with E-state index in [0.29, 0.717) is 13.1 Å². The summed E-state index contributed by atoms with van der Waals surface area (Å²) in [5, 5.41) is 0. The molecule has 0 saturated carbocycles. The summed E-state index contributed by atoms with van der Waals surface area (Å²) in [5.74, 6) is 0.944. The zero-order valence-electron chi connectivity index (χ0n) is 14.7. The van der Waals surface area contributed by atoms with Crippen LogP contribution in [0, 0.1) is 5.41 Å². The first-order chi connectivity index (χ1) is 10.8. The highest BCUT2D eigenvalue weighted by Crippen LogP contribution is 2.27. The third-order valence-corrected chi connectivity index (χ3v) is 4.78. The van der Waals surface area contributed by atoms with Gasteiger partial charge in [-0.2, -0.15) is 0 Å². The fourth-order valence-electron chi connectivity index (χ4n) is 3.11. The fraction of sp³-hybridized carbons (Fsp3) is 0.611. The van der Waals surface area contributed by atoms with Crippen molar-refractivity contribution >= 4 is 5.91 Å². The number of methoxy groups -OCH3 is 1. The maximum absolute atomic E-state index is 12.5. The van der Waals surface area contributed by atoms with Gasteiger partial charge in [0.05, 0.1) is 13.7 Å². The van der Waals surface area contributed by atoms with Gasteiger partial charge >= 0.3 is 0 Å². The average Bonchev–Trinajstić information content (AvgIpc) is 2.51. The number of nitrogens with two attached hydrogens (primary N) is 1. The van der Waals surface area contributed by atoms with Crippen molar-refractivity contribution in [3.63, 3.8) is 0 Å². The molecule has 1 aliphatic heterocycles. The van der Waals surface area contributed by atoms with Crippen LogP contribution in [0.1, 0.15) is 25.8 Å². The summed E-state index contributed by atoms with van der Waals surface area (Å²) < 4.78 is 5.35. The average molecular weight is 319 g/mol. The standard InChI is InChI=1S/C18H29N3O2/c1-18(2)13-21(10-9-16(18)19)12-17(22)20(3)11-14-7-5-6-8-15(14)23-4/h5-8,16H,9-13,19H2,1-4H3. The van der Waals surface area contributed by atoms with E-state index in [-0.39, 0.29) is 17.4 Å². The van der Waals surface area contributed by atoms with Crippen molar-refractivity contribution in [2.45, 2.75) is 32.9 Å². The molecule has 1 aromatic rings. The molecule has 0 aromatic heterocycles. The third-order valence-electron chi connectivity index (χ3n) is 4.78. The van der Waals surface area contributed by atoms with Crippen LogP contribution in [-0.2, 0) is 11.3 Å². The third kappa shape index (κ3) is 4.45. The van der Waals surface area contributed by atoms with Crippen LogP contribution in [-0.4, -0.2) is 55.5 Å². The number of carbonyl (C=O) groups is 1. The lowest BCUT2D eigenvalue weighted by atomic mass is 9.80. The monoisotopic (exact) mass is 319 g/mol. The Balaban J connectivity index is 1.93. The van der Waals surface area contributed by atoms with Crippen molar-refractivity contribution in [2.24, 2.45) is 11.1 Å². The van der Waals surface area contributed by atoms with Crippen LogP contribution in [0.2, 0.25) is 0 Å². The first kappa shape index (κ1) is 17.8. The van der Waals surface area contributed by atoms with Crippen molar-refractivity contribution in [1.82, 2.24) is 9.80 Å². The van der Waals surface area contributed by atoms with Gasteiger partial charge in [-0.15, -0.1) is 0 Å². The van der Waals surface area contributed by atoms with E-state index in [2.05, 4.69) is 18.7 Å². The van der Waals surface area contributed by atoms with Gasteiger partial charge in [0.2, 0.25) is 5.91 Å². The Morgan fingerprint density at radius 2 is 2.13 bits per heavy atom. The highest BCUT2D eigenvalue weighted by Gasteiger charge is 2.34. The summed E-state index contributed by atoms with van der Waals surface area (Å²) in [4.78, 5) is 16.5. The lowest BCUT2D eigenvalue weighted by molar-refractivity contribution is -0.132. The summed E-state index contributed by atoms with van der Waals surface area (Å²) in [5.41, 5.74) is 7.24. The van der Waals surface area contributed by atoms with E-state index in [1.54, 1.807) is 12.0 Å². The summed E-state index contributed by atoms with van der Waals surface area (Å²) in [6, 6.07) is 8.02. The van der Waals surface area contributed by atoms with Gasteiger partial charge in [-0.3, -0.25) is 9.69 Å². The van der Waals surface area contributed by atoms with E-state index in [1.807, 2.05) is 31.3 Å². The van der Waals surface area contributed by atoms with Crippen molar-refractivity contribution in [3.8, 4) is 5.75 Å². The van der Waals surface area contributed by atoms with Gasteiger partial charge < -0.3 is 15.4 Å². The first-order valence-electron chi connectivity index (χ1n) is 8.17. The number of hydrogen-bond acceptors (Lipinski definition) is 4. The van der Waals surface area contributed by atoms with Crippen LogP contribution in [0.5, 0.6) is 5.75 Å². The molecule has 1 amide bonds. The summed E-state index contributed by atoms with van der Waals surface area (Å²) in [6.07, 6.45) is 0.941. The van der Waals surface area contributed by atoms with Gasteiger partial charge in [0.1, 0.15) is 5.75 Å². The predicted octanol–water partition coefficient (Wildman–Crippen LogP) is 1.71. The molecule has 1 aliphatic rings. The highest BCUT2D eigenvalue weighted by atomic mass is 16.5. The predicted molar refractivity (Wildman–Crippen MR) is 92.3 cm³/mol. The lowest BCUT2D eigenvalue weighted by Gasteiger charge is -2.42. The molecule has 5 heteroatoms. The molecule has 1 atom stereocenters. The molecule has 1 saturated heterocycles. The fourth-order valence-corrected chi connectivity index (χ4v) is 3.11. The van der Waals surface area contributed by atoms with Gasteiger partial charge in [0.15, 0.2) is 0 Å². The van der Waals surface area contributed by atoms with Crippen LogP contribution in [0.15, 0.2) is 24.3 Å². The molecule has 0 spiro atoms. The Bertz CT molecular complexity index is 545. The minimum Gasteiger partial charge on any atom is -0.496 e. The van der Waals surface area contributed by atoms with Gasteiger partial charge in [0.25, 0.3) is 0 Å². The van der Waals surface area contributed by atoms with E-state index in [0.717, 1.165) is 30.8 Å². The molecule has 1 fully saturated rings. The van der Waals surface area contributed by atoms with E-state index in [1.165, 1.54) is 0 Å². The Labute approximate surface area is 139 Å². The van der Waals surface area contributed by atoms with Gasteiger partial charge in [0, 0.05) is 38.3 Å². The smallest absolute Gasteiger partial charge is 0.236 e. The number of benzene rings is 1. The topological polar surface area (TPSA) is 58.8 Å². The number of likely N-dealkylation sites (tertiary alicyclic amines) is 1. The van der Waals surface area contributed by atoms with E-state index < -0.39 is 0 Å². The van der Waals surface area contributed by atoms with Crippen molar-refractivity contribution in [3.05, 3.63) is 29.8 Å². The number of para-hydroxylation sites is 1. The molecule has 1 aromatic carbocycles. The molecule has 23 heavy (non-hydrogen) atoms. The lowest BCUT2D eigenvalue weighted by Crippen LogP contribution is -2.54. The van der Waals surface area contributed by atoms with E-state index in [9.17, 15) is 4.79 Å². The SMILES string of the molecule is COc1ccccc1CN(C)C(=O)CN1CCC(N)C(C)(C)C1. The van der Waals surface area contributed by atoms with Crippen LogP contribution < -0.4 is 10.5 Å². The maximum Gasteiger partial charge on any atom is 0.236 e. The minimum atomic E-state index is 0.0553. The maximum atomic E-state index is 12.5. The van der Waals surface area contributed by atoms with Crippen LogP contribution in [0.3, 0.4) is 0 Å². The molecular weight excluding hydrogens is 290 g/mol. The highest BCUT2D eigenvalue weighted by molar-refractivity contribution is 5.78. The minimum absolute atomic E-state index is 0.0553. The number of nitrogens with zero attached hydrogens (tertiary/aromatic N) is 2. The number of piperidine rings is 1. The second-order valence-electron chi connectivity index (χ2n) is 7.16. The molecule has 0 bridgehead atoms. The van der Waals surface area contributed by atoms with Crippen LogP contribution >= 0.6 is 0 Å². The largest absolute Gasteiger partial charge is 0.496 e. The van der Waals surface area contributed by atoms with E-state index >= 15 is 0 Å². The Hall–Kier alpha value is -1.59. The molecule has 2 N–H and O–H groups in total. The first-order valence-corrected chi connectivity index (χ1v) is 8.17. The number of rotatable bonds is 5. The van der Waals surface area contributed by atoms with Crippen molar-refractivity contribution in [1.29, 1.82) is 0 Å². The second kappa shape index (κ2) is 7.32. The number of ether oxygens (including phenoxy) is 1. The van der Waals surface area contributed by atoms with Gasteiger partial charge in [-0.1, -0.05) is 32.0 Å². The molecule has 128 valence electrons. The molecule has 0 radical (unpaired) electrons. The van der Waals surface area contributed by atoms with Gasteiger partial charge in [-0.05, 0) is 17.9 Å². The van der Waals surface area contributed by atoms with E-state index in [4.69, 9.17) is 10.5 Å². The Kier molecular flexibility index (Phi) is 5.65. The number of amides is 1. The van der Waals surface area contributed by atoms with Crippen LogP contribution in [0.4, 0.5) is 0 Å². The van der Waals surface area contributed by atoms with Crippen molar-refractivity contribution < 1.29 is 9.53 Å². The Morgan fingerprint density at radius 1 is 1.43 bits per heavy atom. The zero-order chi connectivity index (χ0) is 17.0. The summed E-state index contributed by atoms with van der Waals surface area (Å²) in [7, 11) is 3.50. The summed E-state index contributed by atoms with van der Waals surface area (Å²) in [6.45, 7) is 7.10. The molecular formula is C18H29N3O2. The Morgan fingerprint density at radius 3 is 2.78 bits per heavy atom. The summed E-state index contributed by atoms with van der Waals surface area (Å²) >= 11 is 0. The molecule has 5 nitrogen and oxygen atoms in total. The number of likely N-dealkylation sites (N-methyl/N-ethyl adjacent to an activating group) is 1.